The minimum atomic E-state index is -0.557. The molecule has 4 rings (SSSR count). The fourth-order valence-corrected chi connectivity index (χ4v) is 2.71. The predicted molar refractivity (Wildman–Crippen MR) is 85.1 cm³/mol. The molecule has 0 aliphatic heterocycles. The second kappa shape index (κ2) is 5.52. The Morgan fingerprint density at radius 1 is 1.17 bits per heavy atom. The molecule has 0 bridgehead atoms. The molecule has 1 aliphatic rings. The van der Waals surface area contributed by atoms with E-state index in [2.05, 4.69) is 20.4 Å². The Labute approximate surface area is 137 Å². The zero-order chi connectivity index (χ0) is 16.6. The van der Waals surface area contributed by atoms with E-state index in [-0.39, 0.29) is 11.7 Å². The van der Waals surface area contributed by atoms with Crippen molar-refractivity contribution in [2.24, 2.45) is 0 Å². The summed E-state index contributed by atoms with van der Waals surface area (Å²) >= 11 is 0. The van der Waals surface area contributed by atoms with Gasteiger partial charge in [-0.05, 0) is 42.7 Å². The summed E-state index contributed by atoms with van der Waals surface area (Å²) in [7, 11) is 0. The third kappa shape index (κ3) is 2.54. The topological polar surface area (TPSA) is 72.7 Å². The molecule has 0 radical (unpaired) electrons. The summed E-state index contributed by atoms with van der Waals surface area (Å²) in [5, 5.41) is 6.89. The summed E-state index contributed by atoms with van der Waals surface area (Å²) in [6.07, 6.45) is 6.07. The summed E-state index contributed by atoms with van der Waals surface area (Å²) in [5.74, 6) is 0.220. The number of halogens is 1. The van der Waals surface area contributed by atoms with Crippen LogP contribution in [-0.4, -0.2) is 25.7 Å². The molecular formula is C17H14FN5O. The van der Waals surface area contributed by atoms with Crippen molar-refractivity contribution in [1.82, 2.24) is 19.7 Å². The van der Waals surface area contributed by atoms with Crippen LogP contribution in [-0.2, 0) is 10.2 Å². The first-order valence-electron chi connectivity index (χ1n) is 7.56. The van der Waals surface area contributed by atoms with Gasteiger partial charge < -0.3 is 5.32 Å². The molecule has 0 unspecified atom stereocenters. The van der Waals surface area contributed by atoms with Gasteiger partial charge in [0.25, 0.3) is 0 Å². The average molecular weight is 323 g/mol. The molecule has 7 heteroatoms. The van der Waals surface area contributed by atoms with Gasteiger partial charge in [-0.25, -0.2) is 19.0 Å². The lowest BCUT2D eigenvalue weighted by Gasteiger charge is -2.15. The van der Waals surface area contributed by atoms with Crippen LogP contribution in [0.15, 0.2) is 55.2 Å². The maximum atomic E-state index is 13.1. The minimum absolute atomic E-state index is 0.0931. The quantitative estimate of drug-likeness (QED) is 0.800. The van der Waals surface area contributed by atoms with Crippen molar-refractivity contribution >= 4 is 11.6 Å². The third-order valence-corrected chi connectivity index (χ3v) is 4.24. The number of rotatable bonds is 4. The highest BCUT2D eigenvalue weighted by molar-refractivity contribution is 6.01. The lowest BCUT2D eigenvalue weighted by atomic mass is 9.95. The molecule has 0 atom stereocenters. The van der Waals surface area contributed by atoms with E-state index in [0.717, 1.165) is 18.4 Å². The maximum Gasteiger partial charge on any atom is 0.235 e. The number of nitrogens with zero attached hydrogens (tertiary/aromatic N) is 4. The van der Waals surface area contributed by atoms with Gasteiger partial charge in [0, 0.05) is 0 Å². The molecule has 1 fully saturated rings. The smallest absolute Gasteiger partial charge is 0.235 e. The van der Waals surface area contributed by atoms with Gasteiger partial charge in [0.15, 0.2) is 5.82 Å². The van der Waals surface area contributed by atoms with E-state index in [4.69, 9.17) is 0 Å². The first-order chi connectivity index (χ1) is 11.7. The zero-order valence-electron chi connectivity index (χ0n) is 12.7. The lowest BCUT2D eigenvalue weighted by Crippen LogP contribution is -2.27. The van der Waals surface area contributed by atoms with Crippen molar-refractivity contribution in [1.29, 1.82) is 0 Å². The molecule has 1 saturated carbocycles. The summed E-state index contributed by atoms with van der Waals surface area (Å²) in [5.41, 5.74) is 0.893. The first-order valence-corrected chi connectivity index (χ1v) is 7.56. The second-order valence-electron chi connectivity index (χ2n) is 5.79. The van der Waals surface area contributed by atoms with E-state index >= 15 is 0 Å². The van der Waals surface area contributed by atoms with Crippen molar-refractivity contribution in [3.05, 3.63) is 66.6 Å². The normalized spacial score (nSPS) is 15.0. The number of carbonyl (C=O) groups excluding carboxylic acids is 1. The van der Waals surface area contributed by atoms with Gasteiger partial charge in [-0.3, -0.25) is 4.79 Å². The van der Waals surface area contributed by atoms with Crippen LogP contribution in [0.5, 0.6) is 0 Å². The van der Waals surface area contributed by atoms with E-state index in [1.807, 2.05) is 0 Å². The molecule has 0 spiro atoms. The van der Waals surface area contributed by atoms with Crippen LogP contribution >= 0.6 is 0 Å². The molecule has 1 aliphatic carbocycles. The Morgan fingerprint density at radius 3 is 2.54 bits per heavy atom. The standard InChI is InChI=1S/C17H14FN5O/c18-13-3-1-12(2-4-13)17(7-8-17)16(24)22-14-5-6-15(20-9-14)23-11-19-10-21-23/h1-6,9-11H,7-8H2,(H,22,24). The Morgan fingerprint density at radius 2 is 1.96 bits per heavy atom. The van der Waals surface area contributed by atoms with Gasteiger partial charge in [0.1, 0.15) is 18.5 Å². The fourth-order valence-electron chi connectivity index (χ4n) is 2.71. The summed E-state index contributed by atoms with van der Waals surface area (Å²) in [4.78, 5) is 20.8. The van der Waals surface area contributed by atoms with Crippen molar-refractivity contribution in [3.63, 3.8) is 0 Å². The van der Waals surface area contributed by atoms with Crippen LogP contribution in [0.1, 0.15) is 18.4 Å². The molecule has 1 N–H and O–H groups in total. The fraction of sp³-hybridized carbons (Fsp3) is 0.176. The van der Waals surface area contributed by atoms with Gasteiger partial charge in [0.2, 0.25) is 5.91 Å². The molecule has 3 aromatic rings. The number of nitrogens with one attached hydrogen (secondary N) is 1. The number of amides is 1. The maximum absolute atomic E-state index is 13.1. The summed E-state index contributed by atoms with van der Waals surface area (Å²) in [6.45, 7) is 0. The number of hydrogen-bond donors (Lipinski definition) is 1. The van der Waals surface area contributed by atoms with Crippen LogP contribution in [0.3, 0.4) is 0 Å². The highest BCUT2D eigenvalue weighted by Gasteiger charge is 2.51. The number of hydrogen-bond acceptors (Lipinski definition) is 4. The van der Waals surface area contributed by atoms with E-state index in [1.165, 1.54) is 23.1 Å². The highest BCUT2D eigenvalue weighted by atomic mass is 19.1. The first kappa shape index (κ1) is 14.5. The van der Waals surface area contributed by atoms with Gasteiger partial charge in [0.05, 0.1) is 17.3 Å². The summed E-state index contributed by atoms with van der Waals surface area (Å²) < 4.78 is 14.6. The SMILES string of the molecule is O=C(Nc1ccc(-n2cncn2)nc1)C1(c2ccc(F)cc2)CC1. The van der Waals surface area contributed by atoms with Crippen LogP contribution in [0.4, 0.5) is 10.1 Å². The third-order valence-electron chi connectivity index (χ3n) is 4.24. The number of anilines is 1. The Kier molecular flexibility index (Phi) is 3.34. The van der Waals surface area contributed by atoms with E-state index < -0.39 is 5.41 Å². The molecule has 2 aromatic heterocycles. The van der Waals surface area contributed by atoms with Crippen molar-refractivity contribution in [3.8, 4) is 5.82 Å². The lowest BCUT2D eigenvalue weighted by molar-refractivity contribution is -0.118. The largest absolute Gasteiger partial charge is 0.324 e. The summed E-state index contributed by atoms with van der Waals surface area (Å²) in [6, 6.07) is 9.64. The molecule has 0 saturated heterocycles. The van der Waals surface area contributed by atoms with Gasteiger partial charge in [-0.2, -0.15) is 5.10 Å². The van der Waals surface area contributed by atoms with Crippen LogP contribution in [0.25, 0.3) is 5.82 Å². The Balaban J connectivity index is 1.51. The molecule has 120 valence electrons. The van der Waals surface area contributed by atoms with E-state index in [0.29, 0.717) is 11.5 Å². The number of carbonyl (C=O) groups is 1. The van der Waals surface area contributed by atoms with Crippen LogP contribution in [0, 0.1) is 5.82 Å². The van der Waals surface area contributed by atoms with Crippen LogP contribution < -0.4 is 5.32 Å². The number of aromatic nitrogens is 4. The second-order valence-corrected chi connectivity index (χ2v) is 5.79. The molecule has 1 aromatic carbocycles. The van der Waals surface area contributed by atoms with Crippen molar-refractivity contribution in [2.75, 3.05) is 5.32 Å². The number of benzene rings is 1. The average Bonchev–Trinajstić information content (AvgIpc) is 3.23. The van der Waals surface area contributed by atoms with Crippen LogP contribution in [0.2, 0.25) is 0 Å². The van der Waals surface area contributed by atoms with Gasteiger partial charge in [-0.15, -0.1) is 0 Å². The van der Waals surface area contributed by atoms with E-state index in [1.54, 1.807) is 36.8 Å². The van der Waals surface area contributed by atoms with Gasteiger partial charge in [-0.1, -0.05) is 12.1 Å². The van der Waals surface area contributed by atoms with Crippen molar-refractivity contribution in [2.45, 2.75) is 18.3 Å². The zero-order valence-corrected chi connectivity index (χ0v) is 12.7. The highest BCUT2D eigenvalue weighted by Crippen LogP contribution is 2.49. The Bertz CT molecular complexity index is 855. The molecule has 1 amide bonds. The molecule has 2 heterocycles. The monoisotopic (exact) mass is 323 g/mol. The Hall–Kier alpha value is -3.09. The van der Waals surface area contributed by atoms with Crippen molar-refractivity contribution < 1.29 is 9.18 Å². The molecular weight excluding hydrogens is 309 g/mol. The molecule has 6 nitrogen and oxygen atoms in total. The minimum Gasteiger partial charge on any atom is -0.324 e. The van der Waals surface area contributed by atoms with Gasteiger partial charge >= 0.3 is 0 Å². The van der Waals surface area contributed by atoms with E-state index in [9.17, 15) is 9.18 Å². The molecule has 24 heavy (non-hydrogen) atoms. The number of pyridine rings is 1. The predicted octanol–water partition coefficient (Wildman–Crippen LogP) is 2.47.